The molecule has 1 unspecified atom stereocenters. The number of benzene rings is 1. The largest absolute Gasteiger partial charge is 0.493 e. The molecule has 124 valence electrons. The Hall–Kier alpha value is -1.82. The number of nitro benzene ring substituents is 1. The summed E-state index contributed by atoms with van der Waals surface area (Å²) in [4.78, 5) is 10.8. The van der Waals surface area contributed by atoms with Gasteiger partial charge in [0.05, 0.1) is 24.7 Å². The molecule has 0 aliphatic rings. The van der Waals surface area contributed by atoms with E-state index in [4.69, 9.17) is 9.47 Å². The molecule has 1 rings (SSSR count). The minimum absolute atomic E-state index is 0.135. The highest BCUT2D eigenvalue weighted by molar-refractivity contribution is 5.58. The summed E-state index contributed by atoms with van der Waals surface area (Å²) in [5, 5.41) is 21.4. The maximum atomic E-state index is 11.3. The fraction of sp³-hybridized carbons (Fsp3) is 0.625. The molecule has 6 nitrogen and oxygen atoms in total. The predicted molar refractivity (Wildman–Crippen MR) is 84.5 cm³/mol. The predicted octanol–water partition coefficient (Wildman–Crippen LogP) is 4.01. The van der Waals surface area contributed by atoms with Crippen molar-refractivity contribution >= 4 is 5.69 Å². The van der Waals surface area contributed by atoms with E-state index in [1.165, 1.54) is 13.2 Å². The van der Waals surface area contributed by atoms with Crippen molar-refractivity contribution in [1.82, 2.24) is 0 Å². The number of unbranched alkanes of at least 4 members (excludes halogenated alkanes) is 2. The average molecular weight is 311 g/mol. The van der Waals surface area contributed by atoms with E-state index in [1.807, 2.05) is 6.92 Å². The van der Waals surface area contributed by atoms with Gasteiger partial charge in [-0.25, -0.2) is 0 Å². The Balaban J connectivity index is 3.10. The smallest absolute Gasteiger partial charge is 0.315 e. The minimum Gasteiger partial charge on any atom is -0.493 e. The molecule has 0 amide bonds. The lowest BCUT2D eigenvalue weighted by molar-refractivity contribution is -0.386. The van der Waals surface area contributed by atoms with Gasteiger partial charge >= 0.3 is 5.69 Å². The van der Waals surface area contributed by atoms with Crippen LogP contribution in [0.2, 0.25) is 0 Å². The first-order valence-corrected chi connectivity index (χ1v) is 7.72. The van der Waals surface area contributed by atoms with Crippen molar-refractivity contribution in [2.24, 2.45) is 0 Å². The molecule has 22 heavy (non-hydrogen) atoms. The highest BCUT2D eigenvalue weighted by atomic mass is 16.6. The summed E-state index contributed by atoms with van der Waals surface area (Å²) in [6.45, 7) is 4.43. The van der Waals surface area contributed by atoms with Gasteiger partial charge in [-0.15, -0.1) is 0 Å². The molecule has 0 heterocycles. The molecular formula is C16H25NO5. The van der Waals surface area contributed by atoms with E-state index in [0.717, 1.165) is 25.7 Å². The second-order valence-corrected chi connectivity index (χ2v) is 5.19. The van der Waals surface area contributed by atoms with Crippen LogP contribution in [0.15, 0.2) is 12.1 Å². The molecule has 0 fully saturated rings. The normalized spacial score (nSPS) is 12.0. The van der Waals surface area contributed by atoms with Crippen LogP contribution in [0.3, 0.4) is 0 Å². The molecular weight excluding hydrogens is 286 g/mol. The molecule has 0 saturated heterocycles. The molecule has 6 heteroatoms. The van der Waals surface area contributed by atoms with E-state index < -0.39 is 11.0 Å². The first kappa shape index (κ1) is 18.2. The second kappa shape index (κ2) is 9.25. The fourth-order valence-electron chi connectivity index (χ4n) is 2.20. The Labute approximate surface area is 131 Å². The molecule has 0 saturated carbocycles. The number of methoxy groups -OCH3 is 1. The third kappa shape index (κ3) is 4.87. The lowest BCUT2D eigenvalue weighted by Gasteiger charge is -2.15. The van der Waals surface area contributed by atoms with Crippen LogP contribution in [-0.2, 0) is 0 Å². The van der Waals surface area contributed by atoms with Gasteiger partial charge in [-0.2, -0.15) is 0 Å². The lowest BCUT2D eigenvalue weighted by atomic mass is 10.0. The molecule has 1 aromatic carbocycles. The van der Waals surface area contributed by atoms with Crippen LogP contribution in [0, 0.1) is 10.1 Å². The van der Waals surface area contributed by atoms with Crippen molar-refractivity contribution in [1.29, 1.82) is 0 Å². The van der Waals surface area contributed by atoms with Gasteiger partial charge in [-0.3, -0.25) is 10.1 Å². The van der Waals surface area contributed by atoms with Gasteiger partial charge in [0.2, 0.25) is 5.75 Å². The molecule has 0 spiro atoms. The van der Waals surface area contributed by atoms with Crippen molar-refractivity contribution < 1.29 is 19.5 Å². The Morgan fingerprint density at radius 2 is 2.00 bits per heavy atom. The number of hydrogen-bond acceptors (Lipinski definition) is 5. The maximum absolute atomic E-state index is 11.3. The van der Waals surface area contributed by atoms with Gasteiger partial charge in [-0.1, -0.05) is 33.1 Å². The highest BCUT2D eigenvalue weighted by Gasteiger charge is 2.24. The second-order valence-electron chi connectivity index (χ2n) is 5.19. The number of hydrogen-bond donors (Lipinski definition) is 1. The van der Waals surface area contributed by atoms with Gasteiger partial charge in [-0.05, 0) is 24.5 Å². The van der Waals surface area contributed by atoms with E-state index in [2.05, 4.69) is 6.92 Å². The number of rotatable bonds is 10. The Bertz CT molecular complexity index is 490. The van der Waals surface area contributed by atoms with Crippen molar-refractivity contribution in [2.45, 2.75) is 52.1 Å². The zero-order valence-corrected chi connectivity index (χ0v) is 13.5. The van der Waals surface area contributed by atoms with Crippen LogP contribution in [-0.4, -0.2) is 23.7 Å². The van der Waals surface area contributed by atoms with Crippen molar-refractivity contribution in [3.63, 3.8) is 0 Å². The van der Waals surface area contributed by atoms with Crippen LogP contribution >= 0.6 is 0 Å². The average Bonchev–Trinajstić information content (AvgIpc) is 2.51. The first-order valence-electron chi connectivity index (χ1n) is 7.72. The zero-order valence-electron chi connectivity index (χ0n) is 13.5. The van der Waals surface area contributed by atoms with Crippen LogP contribution in [0.5, 0.6) is 11.5 Å². The SMILES string of the molecule is CCCCCOc1c(OC)cc(C(O)CCC)cc1[N+](=O)[O-]. The monoisotopic (exact) mass is 311 g/mol. The minimum atomic E-state index is -0.744. The maximum Gasteiger partial charge on any atom is 0.315 e. The summed E-state index contributed by atoms with van der Waals surface area (Å²) in [6.07, 6.45) is 3.46. The van der Waals surface area contributed by atoms with Gasteiger partial charge in [0.15, 0.2) is 5.75 Å². The summed E-state index contributed by atoms with van der Waals surface area (Å²) in [5.74, 6) is 0.423. The van der Waals surface area contributed by atoms with Gasteiger partial charge in [0.1, 0.15) is 0 Å². The quantitative estimate of drug-likeness (QED) is 0.401. The molecule has 0 aromatic heterocycles. The Morgan fingerprint density at radius 3 is 2.55 bits per heavy atom. The molecule has 0 bridgehead atoms. The third-order valence-electron chi connectivity index (χ3n) is 3.42. The van der Waals surface area contributed by atoms with E-state index in [-0.39, 0.29) is 17.2 Å². The zero-order chi connectivity index (χ0) is 16.5. The van der Waals surface area contributed by atoms with E-state index in [0.29, 0.717) is 18.6 Å². The Kier molecular flexibility index (Phi) is 7.66. The number of nitro groups is 1. The summed E-state index contributed by atoms with van der Waals surface area (Å²) < 4.78 is 10.8. The van der Waals surface area contributed by atoms with Gasteiger partial charge in [0.25, 0.3) is 0 Å². The standard InChI is InChI=1S/C16H25NO5/c1-4-6-7-9-22-16-13(17(19)20)10-12(11-15(16)21-3)14(18)8-5-2/h10-11,14,18H,4-9H2,1-3H3. The van der Waals surface area contributed by atoms with Crippen molar-refractivity contribution in [3.8, 4) is 11.5 Å². The topological polar surface area (TPSA) is 81.8 Å². The highest BCUT2D eigenvalue weighted by Crippen LogP contribution is 2.40. The van der Waals surface area contributed by atoms with Crippen molar-refractivity contribution in [2.75, 3.05) is 13.7 Å². The number of nitrogens with zero attached hydrogens (tertiary/aromatic N) is 1. The molecule has 0 aliphatic heterocycles. The van der Waals surface area contributed by atoms with E-state index >= 15 is 0 Å². The number of ether oxygens (including phenoxy) is 2. The summed E-state index contributed by atoms with van der Waals surface area (Å²) in [5.41, 5.74) is 0.312. The first-order chi connectivity index (χ1) is 10.5. The molecule has 1 atom stereocenters. The molecule has 0 aliphatic carbocycles. The number of aliphatic hydroxyl groups excluding tert-OH is 1. The Morgan fingerprint density at radius 1 is 1.27 bits per heavy atom. The summed E-state index contributed by atoms with van der Waals surface area (Å²) in [7, 11) is 1.44. The molecule has 0 radical (unpaired) electrons. The van der Waals surface area contributed by atoms with E-state index in [9.17, 15) is 15.2 Å². The summed E-state index contributed by atoms with van der Waals surface area (Å²) >= 11 is 0. The fourth-order valence-corrected chi connectivity index (χ4v) is 2.20. The van der Waals surface area contributed by atoms with Crippen LogP contribution < -0.4 is 9.47 Å². The van der Waals surface area contributed by atoms with Gasteiger partial charge in [0, 0.05) is 6.07 Å². The molecule has 1 aromatic rings. The van der Waals surface area contributed by atoms with Crippen molar-refractivity contribution in [3.05, 3.63) is 27.8 Å². The van der Waals surface area contributed by atoms with Gasteiger partial charge < -0.3 is 14.6 Å². The third-order valence-corrected chi connectivity index (χ3v) is 3.42. The van der Waals surface area contributed by atoms with E-state index in [1.54, 1.807) is 6.07 Å². The van der Waals surface area contributed by atoms with Crippen LogP contribution in [0.4, 0.5) is 5.69 Å². The lowest BCUT2D eigenvalue weighted by Crippen LogP contribution is -2.05. The summed E-state index contributed by atoms with van der Waals surface area (Å²) in [6, 6.07) is 2.99. The van der Waals surface area contributed by atoms with Crippen LogP contribution in [0.1, 0.15) is 57.6 Å². The molecule has 1 N–H and O–H groups in total. The van der Waals surface area contributed by atoms with Crippen LogP contribution in [0.25, 0.3) is 0 Å². The number of aliphatic hydroxyl groups is 1.